The summed E-state index contributed by atoms with van der Waals surface area (Å²) in [6.45, 7) is 5.69. The molecule has 0 aliphatic rings. The van der Waals surface area contributed by atoms with Crippen LogP contribution in [0.1, 0.15) is 16.7 Å². The fourth-order valence-corrected chi connectivity index (χ4v) is 2.18. The molecule has 0 unspecified atom stereocenters. The van der Waals surface area contributed by atoms with Crippen LogP contribution in [0.3, 0.4) is 0 Å². The van der Waals surface area contributed by atoms with Gasteiger partial charge >= 0.3 is 0 Å². The fraction of sp³-hybridized carbons (Fsp3) is 0.500. The van der Waals surface area contributed by atoms with Crippen LogP contribution < -0.4 is 10.6 Å². The maximum Gasteiger partial charge on any atom is 0.0574 e. The van der Waals surface area contributed by atoms with Crippen molar-refractivity contribution in [1.82, 2.24) is 10.6 Å². The van der Waals surface area contributed by atoms with Crippen molar-refractivity contribution < 1.29 is 0 Å². The number of thiophene rings is 1. The highest BCUT2D eigenvalue weighted by Gasteiger charge is 1.97. The van der Waals surface area contributed by atoms with Gasteiger partial charge in [-0.1, -0.05) is 12.8 Å². The third-order valence-electron chi connectivity index (χ3n) is 2.07. The molecule has 3 heteroatoms. The molecule has 0 aromatic carbocycles. The highest BCUT2D eigenvalue weighted by molar-refractivity contribution is 7.11. The topological polar surface area (TPSA) is 24.1 Å². The zero-order chi connectivity index (χ0) is 10.9. The first-order chi connectivity index (χ1) is 7.36. The molecule has 0 bridgehead atoms. The first kappa shape index (κ1) is 12.3. The molecule has 0 aliphatic carbocycles. The summed E-state index contributed by atoms with van der Waals surface area (Å²) >= 11 is 1.89. The second-order valence-corrected chi connectivity index (χ2v) is 4.53. The van der Waals surface area contributed by atoms with E-state index >= 15 is 0 Å². The Morgan fingerprint density at radius 1 is 1.27 bits per heavy atom. The van der Waals surface area contributed by atoms with E-state index in [1.54, 1.807) is 0 Å². The molecule has 1 aromatic rings. The van der Waals surface area contributed by atoms with Gasteiger partial charge in [0.1, 0.15) is 0 Å². The Hall–Kier alpha value is -0.820. The quantitative estimate of drug-likeness (QED) is 0.541. The van der Waals surface area contributed by atoms with E-state index in [1.807, 2.05) is 11.3 Å². The fourth-order valence-electron chi connectivity index (χ4n) is 1.26. The molecule has 82 valence electrons. The van der Waals surface area contributed by atoms with Crippen molar-refractivity contribution in [3.8, 4) is 12.3 Å². The molecule has 0 saturated carbocycles. The zero-order valence-corrected chi connectivity index (χ0v) is 9.99. The van der Waals surface area contributed by atoms with Crippen LogP contribution in [0.2, 0.25) is 0 Å². The molecule has 2 nitrogen and oxygen atoms in total. The van der Waals surface area contributed by atoms with Gasteiger partial charge in [-0.25, -0.2) is 0 Å². The molecule has 1 heterocycles. The van der Waals surface area contributed by atoms with Gasteiger partial charge in [0, 0.05) is 29.4 Å². The molecule has 0 radical (unpaired) electrons. The first-order valence-corrected chi connectivity index (χ1v) is 6.11. The third kappa shape index (κ3) is 4.98. The highest BCUT2D eigenvalue weighted by Crippen LogP contribution is 2.16. The Kier molecular flexibility index (Phi) is 6.10. The van der Waals surface area contributed by atoms with Crippen LogP contribution in [-0.4, -0.2) is 19.6 Å². The van der Waals surface area contributed by atoms with E-state index < -0.39 is 0 Å². The van der Waals surface area contributed by atoms with Gasteiger partial charge in [-0.3, -0.25) is 0 Å². The number of hydrogen-bond donors (Lipinski definition) is 2. The predicted octanol–water partition coefficient (Wildman–Crippen LogP) is 1.62. The molecular weight excluding hydrogens is 204 g/mol. The Labute approximate surface area is 96.1 Å². The van der Waals surface area contributed by atoms with Crippen molar-refractivity contribution in [3.05, 3.63) is 21.9 Å². The Morgan fingerprint density at radius 2 is 2.00 bits per heavy atom. The van der Waals surface area contributed by atoms with Crippen LogP contribution in [-0.2, 0) is 13.0 Å². The lowest BCUT2D eigenvalue weighted by Gasteiger charge is -2.02. The van der Waals surface area contributed by atoms with Gasteiger partial charge < -0.3 is 10.6 Å². The molecule has 1 aromatic heterocycles. The summed E-state index contributed by atoms with van der Waals surface area (Å²) in [5.41, 5.74) is 0. The minimum atomic E-state index is 0.653. The van der Waals surface area contributed by atoms with Gasteiger partial charge in [-0.15, -0.1) is 17.8 Å². The average Bonchev–Trinajstić information content (AvgIpc) is 2.71. The summed E-state index contributed by atoms with van der Waals surface area (Å²) < 4.78 is 0. The highest BCUT2D eigenvalue weighted by atomic mass is 32.1. The van der Waals surface area contributed by atoms with E-state index in [2.05, 4.69) is 35.6 Å². The molecule has 2 N–H and O–H groups in total. The van der Waals surface area contributed by atoms with Crippen molar-refractivity contribution in [3.63, 3.8) is 0 Å². The molecule has 0 aliphatic heterocycles. The zero-order valence-electron chi connectivity index (χ0n) is 9.18. The maximum atomic E-state index is 5.12. The lowest BCUT2D eigenvalue weighted by molar-refractivity contribution is 0.642. The second-order valence-electron chi connectivity index (χ2n) is 3.28. The molecule has 0 fully saturated rings. The summed E-state index contributed by atoms with van der Waals surface area (Å²) in [6.07, 6.45) is 6.25. The van der Waals surface area contributed by atoms with E-state index in [-0.39, 0.29) is 0 Å². The normalized spacial score (nSPS) is 10.1. The summed E-state index contributed by atoms with van der Waals surface area (Å²) in [6, 6.07) is 4.41. The molecule has 0 saturated heterocycles. The van der Waals surface area contributed by atoms with Crippen LogP contribution >= 0.6 is 11.3 Å². The summed E-state index contributed by atoms with van der Waals surface area (Å²) in [5.74, 6) is 2.55. The first-order valence-electron chi connectivity index (χ1n) is 5.29. The molecular formula is C12H18N2S. The van der Waals surface area contributed by atoms with E-state index in [1.165, 1.54) is 9.75 Å². The van der Waals surface area contributed by atoms with Crippen LogP contribution in [0, 0.1) is 12.3 Å². The van der Waals surface area contributed by atoms with Gasteiger partial charge in [-0.2, -0.15) is 0 Å². The van der Waals surface area contributed by atoms with Gasteiger partial charge in [0.05, 0.1) is 6.54 Å². The number of nitrogens with one attached hydrogen (secondary N) is 2. The number of aryl methyl sites for hydroxylation is 1. The monoisotopic (exact) mass is 222 g/mol. The Morgan fingerprint density at radius 3 is 2.67 bits per heavy atom. The van der Waals surface area contributed by atoms with E-state index in [9.17, 15) is 0 Å². The molecule has 15 heavy (non-hydrogen) atoms. The van der Waals surface area contributed by atoms with Crippen LogP contribution in [0.25, 0.3) is 0 Å². The molecule has 0 spiro atoms. The summed E-state index contributed by atoms with van der Waals surface area (Å²) in [4.78, 5) is 2.86. The minimum Gasteiger partial charge on any atom is -0.311 e. The maximum absolute atomic E-state index is 5.12. The Bertz CT molecular complexity index is 312. The molecule has 1 rings (SSSR count). The van der Waals surface area contributed by atoms with Gasteiger partial charge in [0.25, 0.3) is 0 Å². The molecule has 0 atom stereocenters. The average molecular weight is 222 g/mol. The largest absolute Gasteiger partial charge is 0.311 e. The molecule has 0 amide bonds. The van der Waals surface area contributed by atoms with Crippen molar-refractivity contribution in [2.24, 2.45) is 0 Å². The number of terminal acetylenes is 1. The SMILES string of the molecule is C#CCNCCNCc1ccc(CC)s1. The van der Waals surface area contributed by atoms with Crippen LogP contribution in [0.5, 0.6) is 0 Å². The summed E-state index contributed by atoms with van der Waals surface area (Å²) in [5, 5.41) is 6.52. The van der Waals surface area contributed by atoms with E-state index in [4.69, 9.17) is 6.42 Å². The number of rotatable bonds is 7. The second kappa shape index (κ2) is 7.47. The van der Waals surface area contributed by atoms with Crippen molar-refractivity contribution in [2.75, 3.05) is 19.6 Å². The number of hydrogen-bond acceptors (Lipinski definition) is 3. The lowest BCUT2D eigenvalue weighted by atomic mass is 10.3. The van der Waals surface area contributed by atoms with Gasteiger partial charge in [0.15, 0.2) is 0 Å². The van der Waals surface area contributed by atoms with Crippen molar-refractivity contribution >= 4 is 11.3 Å². The summed E-state index contributed by atoms with van der Waals surface area (Å²) in [7, 11) is 0. The van der Waals surface area contributed by atoms with Crippen LogP contribution in [0.15, 0.2) is 12.1 Å². The Balaban J connectivity index is 2.07. The van der Waals surface area contributed by atoms with Crippen molar-refractivity contribution in [1.29, 1.82) is 0 Å². The van der Waals surface area contributed by atoms with E-state index in [0.717, 1.165) is 26.1 Å². The van der Waals surface area contributed by atoms with Gasteiger partial charge in [0.2, 0.25) is 0 Å². The third-order valence-corrected chi connectivity index (χ3v) is 3.30. The smallest absolute Gasteiger partial charge is 0.0574 e. The standard InChI is InChI=1S/C12H18N2S/c1-3-7-13-8-9-14-10-12-6-5-11(4-2)15-12/h1,5-6,13-14H,4,7-10H2,2H3. The minimum absolute atomic E-state index is 0.653. The van der Waals surface area contributed by atoms with E-state index in [0.29, 0.717) is 6.54 Å². The predicted molar refractivity (Wildman–Crippen MR) is 67.1 cm³/mol. The van der Waals surface area contributed by atoms with Crippen molar-refractivity contribution in [2.45, 2.75) is 19.9 Å². The van der Waals surface area contributed by atoms with Crippen LogP contribution in [0.4, 0.5) is 0 Å². The van der Waals surface area contributed by atoms with Gasteiger partial charge in [-0.05, 0) is 18.6 Å². The lowest BCUT2D eigenvalue weighted by Crippen LogP contribution is -2.26.